The van der Waals surface area contributed by atoms with E-state index in [1.165, 1.54) is 6.92 Å². The summed E-state index contributed by atoms with van der Waals surface area (Å²) in [6.45, 7) is 7.52. The molecule has 0 aliphatic heterocycles. The van der Waals surface area contributed by atoms with Crippen LogP contribution in [-0.2, 0) is 14.9 Å². The van der Waals surface area contributed by atoms with Crippen molar-refractivity contribution in [3.8, 4) is 0 Å². The summed E-state index contributed by atoms with van der Waals surface area (Å²) in [5.41, 5.74) is 0.176. The summed E-state index contributed by atoms with van der Waals surface area (Å²) < 4.78 is 26.7. The largest absolute Gasteiger partial charge is 1.00 e. The molecular weight excluding hydrogens is 223 g/mol. The molecule has 0 aromatic rings. The third-order valence-electron chi connectivity index (χ3n) is 0.623. The first kappa shape index (κ1) is 19.3. The molecule has 0 heterocycles. The summed E-state index contributed by atoms with van der Waals surface area (Å²) in [4.78, 5) is 9.60. The van der Waals surface area contributed by atoms with Gasteiger partial charge in [0.25, 0.3) is 0 Å². The fourth-order valence-electron chi connectivity index (χ4n) is 0. The van der Waals surface area contributed by atoms with Gasteiger partial charge in [-0.05, 0) is 6.92 Å². The Morgan fingerprint density at radius 2 is 1.69 bits per heavy atom. The van der Waals surface area contributed by atoms with Crippen LogP contribution >= 0.6 is 0 Å². The number of hydrogen-bond acceptors (Lipinski definition) is 3. The van der Waals surface area contributed by atoms with Crippen molar-refractivity contribution in [3.05, 3.63) is 19.1 Å². The maximum absolute atomic E-state index is 9.60. The molecule has 0 aromatic heterocycles. The third kappa shape index (κ3) is 24.5. The molecule has 7 heteroatoms. The Morgan fingerprint density at radius 1 is 1.54 bits per heavy atom. The van der Waals surface area contributed by atoms with Gasteiger partial charge < -0.3 is 12.0 Å². The fraction of sp³-hybridized carbons (Fsp3) is 0.333. The number of aliphatic carboxylic acids is 1. The third-order valence-corrected chi connectivity index (χ3v) is 1.14. The molecule has 72 valence electrons. The predicted molar refractivity (Wildman–Crippen MR) is 44.2 cm³/mol. The van der Waals surface area contributed by atoms with Gasteiger partial charge in [0, 0.05) is 5.57 Å². The molecule has 0 amide bonds. The van der Waals surface area contributed by atoms with E-state index in [1.807, 2.05) is 0 Å². The Labute approximate surface area is 120 Å². The van der Waals surface area contributed by atoms with Gasteiger partial charge in [-0.2, -0.15) is 0 Å². The van der Waals surface area contributed by atoms with E-state index in [2.05, 4.69) is 13.5 Å². The van der Waals surface area contributed by atoms with Gasteiger partial charge in [0.05, 0.1) is 0 Å². The Balaban J connectivity index is -0.000000143. The quantitative estimate of drug-likeness (QED) is 0.236. The van der Waals surface area contributed by atoms with Gasteiger partial charge in [0.2, 0.25) is 10.1 Å². The zero-order valence-electron chi connectivity index (χ0n) is 7.65. The summed E-state index contributed by atoms with van der Waals surface area (Å²) in [7, 11) is -3.77. The van der Waals surface area contributed by atoms with Crippen LogP contribution < -0.4 is 51.4 Å². The molecule has 0 rings (SSSR count). The van der Waals surface area contributed by atoms with Crippen LogP contribution in [0.25, 0.3) is 0 Å². The molecule has 0 atom stereocenters. The van der Waals surface area contributed by atoms with Crippen molar-refractivity contribution in [2.45, 2.75) is 6.92 Å². The van der Waals surface area contributed by atoms with E-state index < -0.39 is 21.8 Å². The Bertz CT molecular complexity index is 244. The van der Waals surface area contributed by atoms with Gasteiger partial charge in [-0.25, -0.2) is 13.2 Å². The smallest absolute Gasteiger partial charge is 0.478 e. The van der Waals surface area contributed by atoms with Gasteiger partial charge >= 0.3 is 57.4 Å². The second-order valence-corrected chi connectivity index (χ2v) is 3.44. The van der Waals surface area contributed by atoms with E-state index in [9.17, 15) is 13.2 Å². The maximum Gasteiger partial charge on any atom is 1.00 e. The topological polar surface area (TPSA) is 91.7 Å². The molecule has 0 aliphatic rings. The van der Waals surface area contributed by atoms with Crippen LogP contribution in [0, 0.1) is 6.92 Å². The van der Waals surface area contributed by atoms with E-state index in [4.69, 9.17) is 9.66 Å². The number of hydrogen-bond donors (Lipinski definition) is 2. The summed E-state index contributed by atoms with van der Waals surface area (Å²) in [5, 5.41) is 7.89. The molecule has 2 N–H and O–H groups in total. The number of carboxylic acids is 1. The molecule has 0 saturated carbocycles. The van der Waals surface area contributed by atoms with Crippen molar-refractivity contribution in [3.63, 3.8) is 0 Å². The second-order valence-electron chi connectivity index (χ2n) is 1.87. The van der Waals surface area contributed by atoms with E-state index in [0.717, 1.165) is 0 Å². The summed E-state index contributed by atoms with van der Waals surface area (Å²) in [6, 6.07) is 0. The van der Waals surface area contributed by atoms with Crippen LogP contribution in [-0.4, -0.2) is 29.8 Å². The van der Waals surface area contributed by atoms with Crippen LogP contribution in [0.15, 0.2) is 12.2 Å². The van der Waals surface area contributed by atoms with E-state index in [-0.39, 0.29) is 57.0 Å². The van der Waals surface area contributed by atoms with Gasteiger partial charge in [0.1, 0.15) is 0 Å². The van der Waals surface area contributed by atoms with Gasteiger partial charge in [-0.1, -0.05) is 12.3 Å². The standard InChI is InChI=1S/C4H6O2.C2H5O3S.K/c1-3(2)4(5)6;1-2-6(3,4)5;/h1H2,2H3,(H,5,6);1-2H2,(H,3,4,5);/q;-1;+1. The molecule has 0 aromatic carbocycles. The van der Waals surface area contributed by atoms with Crippen molar-refractivity contribution in [2.75, 3.05) is 5.75 Å². The Hall–Kier alpha value is 0.756. The average molecular weight is 234 g/mol. The van der Waals surface area contributed by atoms with Gasteiger partial charge in [-0.3, -0.25) is 4.55 Å². The molecule has 0 fully saturated rings. The average Bonchev–Trinajstić information content (AvgIpc) is 1.87. The van der Waals surface area contributed by atoms with Crippen LogP contribution in [0.1, 0.15) is 6.92 Å². The van der Waals surface area contributed by atoms with Gasteiger partial charge in [-0.15, -0.1) is 0 Å². The minimum absolute atomic E-state index is 0. The summed E-state index contributed by atoms with van der Waals surface area (Å²) in [6.07, 6.45) is 0. The minimum Gasteiger partial charge on any atom is -0.478 e. The first-order valence-electron chi connectivity index (χ1n) is 2.84. The number of carboxylic acid groups (broad SMARTS) is 1. The van der Waals surface area contributed by atoms with Crippen molar-refractivity contribution in [1.29, 1.82) is 0 Å². The van der Waals surface area contributed by atoms with Crippen LogP contribution in [0.4, 0.5) is 0 Å². The van der Waals surface area contributed by atoms with Crippen LogP contribution in [0.2, 0.25) is 0 Å². The molecule has 0 saturated heterocycles. The zero-order chi connectivity index (χ0) is 10.4. The first-order chi connectivity index (χ1) is 5.20. The molecule has 0 unspecified atom stereocenters. The molecule has 5 nitrogen and oxygen atoms in total. The molecule has 13 heavy (non-hydrogen) atoms. The van der Waals surface area contributed by atoms with Gasteiger partial charge in [0.15, 0.2) is 0 Å². The molecule has 0 aliphatic carbocycles. The monoisotopic (exact) mass is 234 g/mol. The van der Waals surface area contributed by atoms with Crippen LogP contribution in [0.3, 0.4) is 0 Å². The van der Waals surface area contributed by atoms with Crippen molar-refractivity contribution in [2.24, 2.45) is 0 Å². The summed E-state index contributed by atoms with van der Waals surface area (Å²) in [5.74, 6) is -1.39. The van der Waals surface area contributed by atoms with Crippen molar-refractivity contribution in [1.82, 2.24) is 0 Å². The normalized spacial score (nSPS) is 8.85. The first-order valence-corrected chi connectivity index (χ1v) is 4.45. The fourth-order valence-corrected chi connectivity index (χ4v) is 0. The van der Waals surface area contributed by atoms with Crippen LogP contribution in [0.5, 0.6) is 0 Å². The van der Waals surface area contributed by atoms with Crippen molar-refractivity contribution < 1.29 is 74.3 Å². The molecular formula is C6H11KO5S. The summed E-state index contributed by atoms with van der Waals surface area (Å²) >= 11 is 0. The molecule has 0 spiro atoms. The minimum atomic E-state index is -3.77. The Kier molecular flexibility index (Phi) is 13.9. The number of carbonyl (C=O) groups is 1. The molecule has 0 radical (unpaired) electrons. The van der Waals surface area contributed by atoms with Crippen molar-refractivity contribution >= 4 is 16.1 Å². The molecule has 0 bridgehead atoms. The van der Waals surface area contributed by atoms with E-state index in [1.54, 1.807) is 0 Å². The Morgan fingerprint density at radius 3 is 1.69 bits per heavy atom. The van der Waals surface area contributed by atoms with E-state index in [0.29, 0.717) is 0 Å². The zero-order valence-corrected chi connectivity index (χ0v) is 11.6. The van der Waals surface area contributed by atoms with E-state index >= 15 is 0 Å². The predicted octanol–water partition coefficient (Wildman–Crippen LogP) is -2.64. The second kappa shape index (κ2) is 9.32. The SMILES string of the molecule is C=C(C)C(=O)O.[CH2-]CS(=O)(=O)O.[K+]. The number of rotatable bonds is 2. The maximum atomic E-state index is 9.60.